The molecule has 7 heterocycles. The number of nitrogens with one attached hydrogen (secondary N) is 2. The second-order valence-corrected chi connectivity index (χ2v) is 10.1. The Morgan fingerprint density at radius 3 is 2.76 bits per heavy atom. The number of alkyl halides is 1. The van der Waals surface area contributed by atoms with Crippen molar-refractivity contribution in [2.45, 2.75) is 25.4 Å². The summed E-state index contributed by atoms with van der Waals surface area (Å²) in [5, 5.41) is 6.86. The van der Waals surface area contributed by atoms with Crippen LogP contribution in [0.5, 0.6) is 0 Å². The highest BCUT2D eigenvalue weighted by Gasteiger charge is 2.31. The van der Waals surface area contributed by atoms with Gasteiger partial charge in [0.25, 0.3) is 0 Å². The van der Waals surface area contributed by atoms with E-state index in [0.29, 0.717) is 38.4 Å². The summed E-state index contributed by atoms with van der Waals surface area (Å²) in [4.78, 5) is 18.2. The van der Waals surface area contributed by atoms with Crippen LogP contribution in [0.3, 0.4) is 0 Å². The van der Waals surface area contributed by atoms with Gasteiger partial charge in [-0.05, 0) is 23.8 Å². The zero-order chi connectivity index (χ0) is 25.6. The fourth-order valence-corrected chi connectivity index (χ4v) is 5.55. The number of anilines is 3. The summed E-state index contributed by atoms with van der Waals surface area (Å²) in [6, 6.07) is 6.88. The van der Waals surface area contributed by atoms with Gasteiger partial charge in [0.05, 0.1) is 54.1 Å². The highest BCUT2D eigenvalue weighted by Crippen LogP contribution is 2.33. The quantitative estimate of drug-likeness (QED) is 0.403. The van der Waals surface area contributed by atoms with E-state index in [1.54, 1.807) is 12.4 Å². The van der Waals surface area contributed by atoms with E-state index in [-0.39, 0.29) is 11.9 Å². The second kappa shape index (κ2) is 9.57. The Bertz CT molecular complexity index is 1470. The van der Waals surface area contributed by atoms with Crippen molar-refractivity contribution in [3.63, 3.8) is 0 Å². The molecule has 2 fully saturated rings. The number of likely N-dealkylation sites (tertiary alicyclic amines) is 1. The van der Waals surface area contributed by atoms with Crippen molar-refractivity contribution in [3.8, 4) is 11.4 Å². The number of ether oxygens (including phenoxy) is 1. The van der Waals surface area contributed by atoms with E-state index in [1.165, 1.54) is 12.1 Å². The minimum atomic E-state index is -0.695. The van der Waals surface area contributed by atoms with Crippen LogP contribution in [0.1, 0.15) is 11.1 Å². The summed E-state index contributed by atoms with van der Waals surface area (Å²) >= 11 is 0. The molecule has 0 aliphatic carbocycles. The third-order valence-electron chi connectivity index (χ3n) is 7.51. The van der Waals surface area contributed by atoms with E-state index in [4.69, 9.17) is 9.72 Å². The summed E-state index contributed by atoms with van der Waals surface area (Å²) in [6.07, 6.45) is 6.50. The monoisotopic (exact) mass is 518 g/mol. The van der Waals surface area contributed by atoms with Crippen molar-refractivity contribution in [3.05, 3.63) is 66.0 Å². The van der Waals surface area contributed by atoms with Crippen molar-refractivity contribution >= 4 is 22.8 Å². The molecule has 38 heavy (non-hydrogen) atoms. The van der Waals surface area contributed by atoms with Gasteiger partial charge in [-0.15, -0.1) is 0 Å². The van der Waals surface area contributed by atoms with Gasteiger partial charge in [0.1, 0.15) is 23.5 Å². The van der Waals surface area contributed by atoms with Gasteiger partial charge in [-0.1, -0.05) is 0 Å². The molecule has 0 unspecified atom stereocenters. The number of fused-ring (bicyclic) bond motifs is 2. The summed E-state index contributed by atoms with van der Waals surface area (Å²) in [5.74, 6) is 0.422. The first-order chi connectivity index (χ1) is 18.6. The van der Waals surface area contributed by atoms with Gasteiger partial charge in [0, 0.05) is 63.6 Å². The molecule has 0 bridgehead atoms. The molecule has 1 atom stereocenters. The maximum atomic E-state index is 13.6. The van der Waals surface area contributed by atoms with Crippen molar-refractivity contribution < 1.29 is 13.5 Å². The van der Waals surface area contributed by atoms with Crippen LogP contribution < -0.4 is 15.5 Å². The number of rotatable bonds is 6. The average molecular weight is 519 g/mol. The van der Waals surface area contributed by atoms with Crippen LogP contribution in [-0.4, -0.2) is 75.9 Å². The third-order valence-corrected chi connectivity index (χ3v) is 7.51. The largest absolute Gasteiger partial charge is 0.373 e. The van der Waals surface area contributed by atoms with Gasteiger partial charge < -0.3 is 20.3 Å². The predicted octanol–water partition coefficient (Wildman–Crippen LogP) is 3.14. The van der Waals surface area contributed by atoms with Crippen molar-refractivity contribution in [1.29, 1.82) is 0 Å². The number of pyridine rings is 3. The fourth-order valence-electron chi connectivity index (χ4n) is 5.55. The van der Waals surface area contributed by atoms with Gasteiger partial charge >= 0.3 is 0 Å². The molecule has 4 aromatic heterocycles. The van der Waals surface area contributed by atoms with Gasteiger partial charge in [-0.2, -0.15) is 0 Å². The Labute approximate surface area is 218 Å². The maximum Gasteiger partial charge on any atom is 0.140 e. The SMILES string of the molecule is Fc1ccn2c(-c3ncc(Nc4ccc(N5CCO[C@H](CN6CC(F)C6)C5)cn4)c4c3CNC4)cnc2c1. The van der Waals surface area contributed by atoms with E-state index in [1.807, 2.05) is 22.9 Å². The molecule has 0 saturated carbocycles. The first-order valence-electron chi connectivity index (χ1n) is 12.9. The van der Waals surface area contributed by atoms with Gasteiger partial charge in [0.15, 0.2) is 0 Å². The molecular formula is C27H28F2N8O. The Kier molecular flexibility index (Phi) is 5.91. The Morgan fingerprint density at radius 1 is 1.03 bits per heavy atom. The van der Waals surface area contributed by atoms with Crippen LogP contribution in [0.4, 0.5) is 26.0 Å². The standard InChI is InChI=1S/C27H28F2N8O/c28-17-3-4-37-24(12-32-26(37)7-17)27-22-10-30-9-21(22)23(11-33-27)34-25-2-1-19(8-31-25)36-5-6-38-20(16-36)15-35-13-18(29)14-35/h1-4,7-8,11-12,18,20,30H,5-6,9-10,13-16H2,(H,31,34)/t20-/m1/s1. The van der Waals surface area contributed by atoms with Crippen LogP contribution in [-0.2, 0) is 17.8 Å². The minimum Gasteiger partial charge on any atom is -0.373 e. The predicted molar refractivity (Wildman–Crippen MR) is 140 cm³/mol. The lowest BCUT2D eigenvalue weighted by Gasteiger charge is -2.40. The average Bonchev–Trinajstić information content (AvgIpc) is 3.57. The maximum absolute atomic E-state index is 13.6. The fraction of sp³-hybridized carbons (Fsp3) is 0.370. The van der Waals surface area contributed by atoms with Crippen LogP contribution in [0, 0.1) is 5.82 Å². The number of aromatic nitrogens is 4. The molecule has 196 valence electrons. The minimum absolute atomic E-state index is 0.0701. The molecule has 2 saturated heterocycles. The molecule has 2 N–H and O–H groups in total. The molecule has 3 aliphatic rings. The molecule has 7 rings (SSSR count). The lowest BCUT2D eigenvalue weighted by Crippen LogP contribution is -2.55. The van der Waals surface area contributed by atoms with Crippen LogP contribution in [0.25, 0.3) is 17.0 Å². The van der Waals surface area contributed by atoms with Crippen LogP contribution in [0.2, 0.25) is 0 Å². The first-order valence-corrected chi connectivity index (χ1v) is 12.9. The van der Waals surface area contributed by atoms with Gasteiger partial charge in [-0.3, -0.25) is 14.3 Å². The van der Waals surface area contributed by atoms with E-state index < -0.39 is 6.17 Å². The number of nitrogens with zero attached hydrogens (tertiary/aromatic N) is 6. The molecule has 9 nitrogen and oxygen atoms in total. The van der Waals surface area contributed by atoms with Gasteiger partial charge in [0.2, 0.25) is 0 Å². The molecule has 4 aromatic rings. The normalized spacial score (nSPS) is 20.1. The van der Waals surface area contributed by atoms with E-state index in [9.17, 15) is 8.78 Å². The van der Waals surface area contributed by atoms with Crippen molar-refractivity contribution in [2.75, 3.05) is 49.5 Å². The smallest absolute Gasteiger partial charge is 0.140 e. The highest BCUT2D eigenvalue weighted by molar-refractivity contribution is 5.72. The van der Waals surface area contributed by atoms with Gasteiger partial charge in [-0.25, -0.2) is 18.7 Å². The Balaban J connectivity index is 1.07. The number of hydrogen-bond donors (Lipinski definition) is 2. The Morgan fingerprint density at radius 2 is 1.92 bits per heavy atom. The van der Waals surface area contributed by atoms with Crippen molar-refractivity contribution in [1.82, 2.24) is 29.6 Å². The lowest BCUT2D eigenvalue weighted by molar-refractivity contribution is -0.0202. The van der Waals surface area contributed by atoms with Crippen LogP contribution >= 0.6 is 0 Å². The molecule has 0 amide bonds. The number of halogens is 2. The molecule has 0 spiro atoms. The summed E-state index contributed by atoms with van der Waals surface area (Å²) in [6.45, 7) is 5.40. The topological polar surface area (TPSA) is 82.8 Å². The molecule has 0 aromatic carbocycles. The lowest BCUT2D eigenvalue weighted by atomic mass is 10.1. The van der Waals surface area contributed by atoms with E-state index in [0.717, 1.165) is 59.3 Å². The third kappa shape index (κ3) is 4.36. The number of imidazole rings is 1. The van der Waals surface area contributed by atoms with Crippen LogP contribution in [0.15, 0.2) is 49.1 Å². The molecule has 0 radical (unpaired) electrons. The zero-order valence-electron chi connectivity index (χ0n) is 20.8. The highest BCUT2D eigenvalue weighted by atomic mass is 19.1. The summed E-state index contributed by atoms with van der Waals surface area (Å²) in [7, 11) is 0. The summed E-state index contributed by atoms with van der Waals surface area (Å²) < 4.78 is 34.6. The van der Waals surface area contributed by atoms with E-state index in [2.05, 4.69) is 36.5 Å². The Hall–Kier alpha value is -3.67. The summed E-state index contributed by atoms with van der Waals surface area (Å²) in [5.41, 5.74) is 6.39. The molecule has 3 aliphatic heterocycles. The van der Waals surface area contributed by atoms with Crippen molar-refractivity contribution in [2.24, 2.45) is 0 Å². The molecule has 11 heteroatoms. The number of hydrogen-bond acceptors (Lipinski definition) is 8. The molecular weight excluding hydrogens is 490 g/mol. The second-order valence-electron chi connectivity index (χ2n) is 10.1. The zero-order valence-corrected chi connectivity index (χ0v) is 20.8. The number of morpholine rings is 1. The first kappa shape index (κ1) is 23.4. The van der Waals surface area contributed by atoms with E-state index >= 15 is 0 Å².